The summed E-state index contributed by atoms with van der Waals surface area (Å²) in [7, 11) is 1.58. The summed E-state index contributed by atoms with van der Waals surface area (Å²) in [5, 5.41) is 14.1. The van der Waals surface area contributed by atoms with Crippen LogP contribution in [0.5, 0.6) is 11.5 Å². The van der Waals surface area contributed by atoms with Gasteiger partial charge < -0.3 is 15.2 Å². The smallest absolute Gasteiger partial charge is 0.123 e. The highest BCUT2D eigenvalue weighted by atomic mass is 35.5. The Balaban J connectivity index is 1.90. The van der Waals surface area contributed by atoms with Gasteiger partial charge in [-0.05, 0) is 37.1 Å². The van der Waals surface area contributed by atoms with Gasteiger partial charge in [-0.2, -0.15) is 0 Å². The fourth-order valence-electron chi connectivity index (χ4n) is 2.19. The highest BCUT2D eigenvalue weighted by molar-refractivity contribution is 6.30. The summed E-state index contributed by atoms with van der Waals surface area (Å²) in [6.07, 6.45) is 0.886. The molecule has 1 atom stereocenters. The summed E-state index contributed by atoms with van der Waals surface area (Å²) >= 11 is 5.99. The number of hydrogen-bond donors (Lipinski definition) is 2. The first kappa shape index (κ1) is 15.7. The van der Waals surface area contributed by atoms with E-state index in [4.69, 9.17) is 16.3 Å². The molecule has 0 fully saturated rings. The molecule has 0 aliphatic carbocycles. The lowest BCUT2D eigenvalue weighted by Crippen LogP contribution is -2.27. The van der Waals surface area contributed by atoms with E-state index in [2.05, 4.69) is 18.3 Å². The van der Waals surface area contributed by atoms with Crippen LogP contribution in [-0.4, -0.2) is 18.3 Å². The third-order valence-corrected chi connectivity index (χ3v) is 3.60. The van der Waals surface area contributed by atoms with E-state index in [1.807, 2.05) is 30.3 Å². The van der Waals surface area contributed by atoms with E-state index in [9.17, 15) is 5.11 Å². The number of hydrogen-bond acceptors (Lipinski definition) is 3. The minimum Gasteiger partial charge on any atom is -0.507 e. The third-order valence-electron chi connectivity index (χ3n) is 3.36. The number of nitrogens with one attached hydrogen (secondary N) is 1. The molecule has 2 aromatic rings. The zero-order chi connectivity index (χ0) is 15.2. The van der Waals surface area contributed by atoms with E-state index in [-0.39, 0.29) is 11.8 Å². The van der Waals surface area contributed by atoms with Crippen LogP contribution in [0.3, 0.4) is 0 Å². The van der Waals surface area contributed by atoms with Crippen molar-refractivity contribution in [1.82, 2.24) is 5.32 Å². The molecular formula is C17H20ClNO2. The molecule has 0 radical (unpaired) electrons. The molecule has 3 nitrogen and oxygen atoms in total. The lowest BCUT2D eigenvalue weighted by atomic mass is 10.1. The Kier molecular flexibility index (Phi) is 5.48. The van der Waals surface area contributed by atoms with Crippen molar-refractivity contribution in [2.75, 3.05) is 7.11 Å². The van der Waals surface area contributed by atoms with Crippen molar-refractivity contribution in [2.45, 2.75) is 25.9 Å². The average molecular weight is 306 g/mol. The van der Waals surface area contributed by atoms with Gasteiger partial charge in [0.1, 0.15) is 11.5 Å². The van der Waals surface area contributed by atoms with Gasteiger partial charge in [0.15, 0.2) is 0 Å². The molecule has 2 N–H and O–H groups in total. The first-order valence-corrected chi connectivity index (χ1v) is 7.30. The van der Waals surface area contributed by atoms with Crippen LogP contribution in [-0.2, 0) is 13.0 Å². The molecule has 0 heterocycles. The predicted molar refractivity (Wildman–Crippen MR) is 86.1 cm³/mol. The van der Waals surface area contributed by atoms with E-state index in [0.717, 1.165) is 17.0 Å². The Morgan fingerprint density at radius 2 is 2.05 bits per heavy atom. The molecule has 0 aliphatic rings. The maximum Gasteiger partial charge on any atom is 0.123 e. The van der Waals surface area contributed by atoms with Crippen LogP contribution in [0.1, 0.15) is 18.1 Å². The largest absolute Gasteiger partial charge is 0.507 e. The van der Waals surface area contributed by atoms with Gasteiger partial charge in [-0.1, -0.05) is 29.8 Å². The normalized spacial score (nSPS) is 12.1. The summed E-state index contributed by atoms with van der Waals surface area (Å²) in [4.78, 5) is 0. The molecule has 2 rings (SSSR count). The van der Waals surface area contributed by atoms with Gasteiger partial charge in [-0.15, -0.1) is 0 Å². The standard InChI is InChI=1S/C17H20ClNO2/c1-12(8-13-4-3-5-15(18)9-13)19-11-14-6-7-16(21-2)10-17(14)20/h3-7,9-10,12,19-20H,8,11H2,1-2H3. The lowest BCUT2D eigenvalue weighted by Gasteiger charge is -2.15. The molecule has 4 heteroatoms. The van der Waals surface area contributed by atoms with Crippen molar-refractivity contribution in [3.8, 4) is 11.5 Å². The Bertz CT molecular complexity index is 601. The van der Waals surface area contributed by atoms with Crippen LogP contribution in [0.15, 0.2) is 42.5 Å². The van der Waals surface area contributed by atoms with Crippen LogP contribution in [0, 0.1) is 0 Å². The number of rotatable bonds is 6. The van der Waals surface area contributed by atoms with E-state index in [1.165, 1.54) is 5.56 Å². The summed E-state index contributed by atoms with van der Waals surface area (Å²) in [6, 6.07) is 13.5. The molecule has 0 aliphatic heterocycles. The molecule has 2 aromatic carbocycles. The maximum atomic E-state index is 9.92. The highest BCUT2D eigenvalue weighted by Gasteiger charge is 2.07. The number of phenolic OH excluding ortho intramolecular Hbond substituents is 1. The van der Waals surface area contributed by atoms with Gasteiger partial charge in [0.2, 0.25) is 0 Å². The molecular weight excluding hydrogens is 286 g/mol. The summed E-state index contributed by atoms with van der Waals surface area (Å²) in [5.74, 6) is 0.903. The number of halogens is 1. The minimum absolute atomic E-state index is 0.247. The van der Waals surface area contributed by atoms with Crippen molar-refractivity contribution < 1.29 is 9.84 Å². The first-order valence-electron chi connectivity index (χ1n) is 6.92. The topological polar surface area (TPSA) is 41.5 Å². The van der Waals surface area contributed by atoms with Crippen LogP contribution in [0.25, 0.3) is 0 Å². The fraction of sp³-hybridized carbons (Fsp3) is 0.294. The second-order valence-electron chi connectivity index (χ2n) is 5.11. The van der Waals surface area contributed by atoms with Crippen LogP contribution >= 0.6 is 11.6 Å². The Morgan fingerprint density at radius 1 is 1.24 bits per heavy atom. The molecule has 0 spiro atoms. The lowest BCUT2D eigenvalue weighted by molar-refractivity contribution is 0.405. The molecule has 0 amide bonds. The van der Waals surface area contributed by atoms with Gasteiger partial charge in [0, 0.05) is 29.2 Å². The zero-order valence-electron chi connectivity index (χ0n) is 12.3. The van der Waals surface area contributed by atoms with Gasteiger partial charge in [0.25, 0.3) is 0 Å². The number of aromatic hydroxyl groups is 1. The zero-order valence-corrected chi connectivity index (χ0v) is 13.0. The van der Waals surface area contributed by atoms with Gasteiger partial charge in [-0.25, -0.2) is 0 Å². The summed E-state index contributed by atoms with van der Waals surface area (Å²) in [6.45, 7) is 2.72. The van der Waals surface area contributed by atoms with E-state index in [1.54, 1.807) is 13.2 Å². The number of methoxy groups -OCH3 is 1. The van der Waals surface area contributed by atoms with Crippen molar-refractivity contribution >= 4 is 11.6 Å². The van der Waals surface area contributed by atoms with Crippen LogP contribution in [0.4, 0.5) is 0 Å². The number of ether oxygens (including phenoxy) is 1. The fourth-order valence-corrected chi connectivity index (χ4v) is 2.41. The molecule has 0 saturated heterocycles. The molecule has 21 heavy (non-hydrogen) atoms. The molecule has 1 unspecified atom stereocenters. The summed E-state index contributed by atoms with van der Waals surface area (Å²) in [5.41, 5.74) is 2.05. The third kappa shape index (κ3) is 4.66. The second kappa shape index (κ2) is 7.34. The van der Waals surface area contributed by atoms with Crippen molar-refractivity contribution in [1.29, 1.82) is 0 Å². The number of benzene rings is 2. The average Bonchev–Trinajstić information content (AvgIpc) is 2.46. The van der Waals surface area contributed by atoms with Crippen molar-refractivity contribution in [3.05, 3.63) is 58.6 Å². The molecule has 112 valence electrons. The van der Waals surface area contributed by atoms with Gasteiger partial charge in [-0.3, -0.25) is 0 Å². The molecule has 0 aromatic heterocycles. The Labute approximate surface area is 130 Å². The van der Waals surface area contributed by atoms with E-state index in [0.29, 0.717) is 12.3 Å². The molecule has 0 saturated carbocycles. The van der Waals surface area contributed by atoms with Gasteiger partial charge >= 0.3 is 0 Å². The Morgan fingerprint density at radius 3 is 2.71 bits per heavy atom. The maximum absolute atomic E-state index is 9.92. The minimum atomic E-state index is 0.247. The Hall–Kier alpha value is -1.71. The van der Waals surface area contributed by atoms with E-state index >= 15 is 0 Å². The van der Waals surface area contributed by atoms with E-state index < -0.39 is 0 Å². The summed E-state index contributed by atoms with van der Waals surface area (Å²) < 4.78 is 5.07. The molecule has 0 bridgehead atoms. The van der Waals surface area contributed by atoms with Crippen LogP contribution < -0.4 is 10.1 Å². The predicted octanol–water partition coefficient (Wildman–Crippen LogP) is 3.78. The quantitative estimate of drug-likeness (QED) is 0.853. The van der Waals surface area contributed by atoms with Crippen LogP contribution in [0.2, 0.25) is 5.02 Å². The second-order valence-corrected chi connectivity index (χ2v) is 5.55. The van der Waals surface area contributed by atoms with Crippen molar-refractivity contribution in [2.24, 2.45) is 0 Å². The highest BCUT2D eigenvalue weighted by Crippen LogP contribution is 2.23. The van der Waals surface area contributed by atoms with Crippen molar-refractivity contribution in [3.63, 3.8) is 0 Å². The first-order chi connectivity index (χ1) is 10.1. The van der Waals surface area contributed by atoms with Gasteiger partial charge in [0.05, 0.1) is 7.11 Å². The monoisotopic (exact) mass is 305 g/mol. The number of phenols is 1. The SMILES string of the molecule is COc1ccc(CNC(C)Cc2cccc(Cl)c2)c(O)c1.